The molecule has 1 aromatic heterocycles. The first kappa shape index (κ1) is 19.6. The molecule has 150 valence electrons. The first-order valence-corrected chi connectivity index (χ1v) is 10.1. The Morgan fingerprint density at radius 2 is 1.90 bits per heavy atom. The average Bonchev–Trinajstić information content (AvgIpc) is 3.00. The highest BCUT2D eigenvalue weighted by molar-refractivity contribution is 6.35. The molecule has 2 aliphatic rings. The van der Waals surface area contributed by atoms with Crippen LogP contribution in [0.25, 0.3) is 5.57 Å². The summed E-state index contributed by atoms with van der Waals surface area (Å²) in [5.41, 5.74) is 2.11. The lowest BCUT2D eigenvalue weighted by Crippen LogP contribution is -2.40. The Morgan fingerprint density at radius 1 is 1.10 bits per heavy atom. The van der Waals surface area contributed by atoms with Crippen molar-refractivity contribution in [2.75, 3.05) is 19.7 Å². The van der Waals surface area contributed by atoms with Gasteiger partial charge < -0.3 is 10.0 Å². The Hall–Kier alpha value is -2.70. The van der Waals surface area contributed by atoms with Crippen LogP contribution in [0.15, 0.2) is 54.4 Å². The third kappa shape index (κ3) is 3.91. The van der Waals surface area contributed by atoms with E-state index in [9.17, 15) is 14.7 Å². The summed E-state index contributed by atoms with van der Waals surface area (Å²) in [4.78, 5) is 34.1. The molecule has 0 saturated carbocycles. The van der Waals surface area contributed by atoms with Gasteiger partial charge in [0.15, 0.2) is 0 Å². The molecule has 29 heavy (non-hydrogen) atoms. The molecule has 1 saturated heterocycles. The highest BCUT2D eigenvalue weighted by Gasteiger charge is 2.42. The largest absolute Gasteiger partial charge is 0.396 e. The Morgan fingerprint density at radius 3 is 2.59 bits per heavy atom. The maximum absolute atomic E-state index is 13.4. The van der Waals surface area contributed by atoms with E-state index in [4.69, 9.17) is 11.6 Å². The first-order chi connectivity index (χ1) is 14.1. The molecule has 4 rings (SSSR count). The zero-order valence-electron chi connectivity index (χ0n) is 15.9. The number of imide groups is 1. The summed E-state index contributed by atoms with van der Waals surface area (Å²) < 4.78 is 0. The second kappa shape index (κ2) is 8.35. The number of hydrogen-bond donors (Lipinski definition) is 1. The summed E-state index contributed by atoms with van der Waals surface area (Å²) in [6.07, 6.45) is 3.42. The number of likely N-dealkylation sites (tertiary alicyclic amines) is 1. The highest BCUT2D eigenvalue weighted by Crippen LogP contribution is 2.35. The number of carbonyl (C=O) groups excluding carboxylic acids is 2. The minimum absolute atomic E-state index is 0.0693. The van der Waals surface area contributed by atoms with Crippen molar-refractivity contribution in [3.8, 4) is 0 Å². The van der Waals surface area contributed by atoms with E-state index in [0.717, 1.165) is 12.8 Å². The van der Waals surface area contributed by atoms with E-state index in [1.165, 1.54) is 4.90 Å². The molecule has 7 heteroatoms. The number of carbonyl (C=O) groups is 2. The minimum atomic E-state index is -0.330. The number of aliphatic hydroxyl groups is 1. The van der Waals surface area contributed by atoms with Crippen molar-refractivity contribution in [3.63, 3.8) is 0 Å². The maximum atomic E-state index is 13.4. The molecule has 1 atom stereocenters. The quantitative estimate of drug-likeness (QED) is 0.766. The van der Waals surface area contributed by atoms with E-state index < -0.39 is 0 Å². The number of amides is 2. The van der Waals surface area contributed by atoms with Crippen LogP contribution >= 0.6 is 11.6 Å². The van der Waals surface area contributed by atoms with Gasteiger partial charge in [0.05, 0.1) is 17.8 Å². The molecule has 3 heterocycles. The second-order valence-corrected chi connectivity index (χ2v) is 7.82. The van der Waals surface area contributed by atoms with Crippen LogP contribution < -0.4 is 0 Å². The van der Waals surface area contributed by atoms with E-state index >= 15 is 0 Å². The Labute approximate surface area is 174 Å². The molecule has 0 bridgehead atoms. The summed E-state index contributed by atoms with van der Waals surface area (Å²) in [6, 6.07) is 12.4. The first-order valence-electron chi connectivity index (χ1n) is 9.70. The smallest absolute Gasteiger partial charge is 0.278 e. The monoisotopic (exact) mass is 411 g/mol. The second-order valence-electron chi connectivity index (χ2n) is 7.38. The number of aromatic nitrogens is 1. The maximum Gasteiger partial charge on any atom is 0.278 e. The van der Waals surface area contributed by atoms with Gasteiger partial charge in [-0.2, -0.15) is 0 Å². The average molecular weight is 412 g/mol. The van der Waals surface area contributed by atoms with Crippen molar-refractivity contribution in [2.24, 2.45) is 5.92 Å². The standard InChI is InChI=1S/C22H22ClN3O3/c23-17-8-6-16(7-9-17)19-20(25-11-3-4-15(12-25)14-27)22(29)26(21(19)28)13-18-5-1-2-10-24-18/h1-2,5-10,15,27H,3-4,11-14H2. The topological polar surface area (TPSA) is 73.7 Å². The Bertz CT molecular complexity index is 944. The summed E-state index contributed by atoms with van der Waals surface area (Å²) in [6.45, 7) is 1.43. The molecular weight excluding hydrogens is 390 g/mol. The third-order valence-corrected chi connectivity index (χ3v) is 5.67. The van der Waals surface area contributed by atoms with Crippen LogP contribution in [0.1, 0.15) is 24.1 Å². The van der Waals surface area contributed by atoms with Gasteiger partial charge in [0.1, 0.15) is 5.70 Å². The van der Waals surface area contributed by atoms with Crippen LogP contribution in [-0.4, -0.2) is 51.4 Å². The molecule has 0 spiro atoms. The van der Waals surface area contributed by atoms with Crippen LogP contribution in [0.2, 0.25) is 5.02 Å². The molecule has 0 aliphatic carbocycles. The van der Waals surface area contributed by atoms with Crippen LogP contribution in [0.5, 0.6) is 0 Å². The van der Waals surface area contributed by atoms with Crippen LogP contribution in [-0.2, 0) is 16.1 Å². The predicted molar refractivity (Wildman–Crippen MR) is 110 cm³/mol. The van der Waals surface area contributed by atoms with Gasteiger partial charge in [-0.05, 0) is 48.6 Å². The van der Waals surface area contributed by atoms with Crippen LogP contribution in [0.3, 0.4) is 0 Å². The Balaban J connectivity index is 1.73. The fourth-order valence-electron chi connectivity index (χ4n) is 3.95. The van der Waals surface area contributed by atoms with Gasteiger partial charge in [0.25, 0.3) is 11.8 Å². The van der Waals surface area contributed by atoms with E-state index in [1.807, 2.05) is 11.0 Å². The van der Waals surface area contributed by atoms with Gasteiger partial charge in [0, 0.05) is 30.9 Å². The number of pyridine rings is 1. The summed E-state index contributed by atoms with van der Waals surface area (Å²) in [5, 5.41) is 10.2. The molecule has 1 aromatic carbocycles. The number of aliphatic hydroxyl groups excluding tert-OH is 1. The lowest BCUT2D eigenvalue weighted by molar-refractivity contribution is -0.138. The van der Waals surface area contributed by atoms with Crippen molar-refractivity contribution >= 4 is 29.0 Å². The van der Waals surface area contributed by atoms with Gasteiger partial charge in [-0.25, -0.2) is 0 Å². The summed E-state index contributed by atoms with van der Waals surface area (Å²) in [5.74, 6) is -0.552. The number of halogens is 1. The van der Waals surface area contributed by atoms with Crippen molar-refractivity contribution in [1.29, 1.82) is 0 Å². The van der Waals surface area contributed by atoms with Gasteiger partial charge in [-0.15, -0.1) is 0 Å². The van der Waals surface area contributed by atoms with E-state index in [0.29, 0.717) is 40.6 Å². The number of nitrogens with zero attached hydrogens (tertiary/aromatic N) is 3. The number of benzene rings is 1. The van der Waals surface area contributed by atoms with Gasteiger partial charge >= 0.3 is 0 Å². The molecular formula is C22H22ClN3O3. The van der Waals surface area contributed by atoms with E-state index in [-0.39, 0.29) is 30.9 Å². The molecule has 2 amide bonds. The van der Waals surface area contributed by atoms with E-state index in [1.54, 1.807) is 42.6 Å². The van der Waals surface area contributed by atoms with Crippen LogP contribution in [0, 0.1) is 5.92 Å². The zero-order chi connectivity index (χ0) is 20.4. The third-order valence-electron chi connectivity index (χ3n) is 5.42. The van der Waals surface area contributed by atoms with Crippen LogP contribution in [0.4, 0.5) is 0 Å². The Kier molecular flexibility index (Phi) is 5.65. The van der Waals surface area contributed by atoms with Crippen molar-refractivity contribution in [1.82, 2.24) is 14.8 Å². The van der Waals surface area contributed by atoms with Crippen molar-refractivity contribution in [2.45, 2.75) is 19.4 Å². The fraction of sp³-hybridized carbons (Fsp3) is 0.318. The highest BCUT2D eigenvalue weighted by atomic mass is 35.5. The lowest BCUT2D eigenvalue weighted by atomic mass is 9.97. The molecule has 2 aliphatic heterocycles. The van der Waals surface area contributed by atoms with Gasteiger partial charge in [0.2, 0.25) is 0 Å². The van der Waals surface area contributed by atoms with Crippen molar-refractivity contribution < 1.29 is 14.7 Å². The summed E-state index contributed by atoms with van der Waals surface area (Å²) in [7, 11) is 0. The molecule has 1 unspecified atom stereocenters. The van der Waals surface area contributed by atoms with Gasteiger partial charge in [-0.1, -0.05) is 29.8 Å². The number of piperidine rings is 1. The van der Waals surface area contributed by atoms with E-state index in [2.05, 4.69) is 4.98 Å². The molecule has 0 radical (unpaired) electrons. The SMILES string of the molecule is O=C1C(c2ccc(Cl)cc2)=C(N2CCCC(CO)C2)C(=O)N1Cc1ccccn1. The molecule has 6 nitrogen and oxygen atoms in total. The molecule has 2 aromatic rings. The zero-order valence-corrected chi connectivity index (χ0v) is 16.7. The predicted octanol–water partition coefficient (Wildman–Crippen LogP) is 2.72. The number of hydrogen-bond acceptors (Lipinski definition) is 5. The fourth-order valence-corrected chi connectivity index (χ4v) is 4.07. The molecule has 1 N–H and O–H groups in total. The normalized spacial score (nSPS) is 20.0. The van der Waals surface area contributed by atoms with Crippen molar-refractivity contribution in [3.05, 3.63) is 70.6 Å². The lowest BCUT2D eigenvalue weighted by Gasteiger charge is -2.34. The minimum Gasteiger partial charge on any atom is -0.396 e. The van der Waals surface area contributed by atoms with Gasteiger partial charge in [-0.3, -0.25) is 19.5 Å². The number of rotatable bonds is 5. The summed E-state index contributed by atoms with van der Waals surface area (Å²) >= 11 is 6.02. The molecule has 1 fully saturated rings.